The molecule has 1 aromatic carbocycles. The van der Waals surface area contributed by atoms with E-state index in [4.69, 9.17) is 11.6 Å². The second-order valence-corrected chi connectivity index (χ2v) is 4.36. The number of amides is 1. The van der Waals surface area contributed by atoms with E-state index in [1.807, 2.05) is 19.1 Å². The molecule has 1 aromatic heterocycles. The molecule has 1 heterocycles. The minimum Gasteiger partial charge on any atom is -0.348 e. The molecular weight excluding hydrogens is 248 g/mol. The molecule has 0 saturated carbocycles. The largest absolute Gasteiger partial charge is 0.348 e. The molecule has 0 aliphatic rings. The number of benzene rings is 1. The van der Waals surface area contributed by atoms with Gasteiger partial charge < -0.3 is 5.32 Å². The minimum atomic E-state index is -0.119. The molecule has 2 aromatic rings. The van der Waals surface area contributed by atoms with Gasteiger partial charge in [-0.2, -0.15) is 0 Å². The molecule has 0 aliphatic carbocycles. The third kappa shape index (κ3) is 2.87. The summed E-state index contributed by atoms with van der Waals surface area (Å²) in [6.45, 7) is 2.32. The predicted octanol–water partition coefficient (Wildman–Crippen LogP) is 2.97. The summed E-state index contributed by atoms with van der Waals surface area (Å²) >= 11 is 5.99. The number of pyridine rings is 1. The number of halogens is 1. The van der Waals surface area contributed by atoms with Gasteiger partial charge in [0.05, 0.1) is 0 Å². The second-order valence-electron chi connectivity index (χ2n) is 3.95. The summed E-state index contributed by atoms with van der Waals surface area (Å²) in [4.78, 5) is 15.9. The average molecular weight is 261 g/mol. The smallest absolute Gasteiger partial charge is 0.251 e. The zero-order valence-electron chi connectivity index (χ0n) is 9.98. The van der Waals surface area contributed by atoms with Crippen LogP contribution in [0.5, 0.6) is 0 Å². The summed E-state index contributed by atoms with van der Waals surface area (Å²) < 4.78 is 0. The predicted molar refractivity (Wildman–Crippen MR) is 71.6 cm³/mol. The first-order valence-electron chi connectivity index (χ1n) is 5.60. The van der Waals surface area contributed by atoms with Crippen LogP contribution in [0.15, 0.2) is 42.7 Å². The first kappa shape index (κ1) is 12.6. The Morgan fingerprint density at radius 1 is 1.28 bits per heavy atom. The molecule has 0 atom stereocenters. The van der Waals surface area contributed by atoms with Crippen LogP contribution >= 0.6 is 11.6 Å². The summed E-state index contributed by atoms with van der Waals surface area (Å²) in [5.74, 6) is -0.119. The fourth-order valence-electron chi connectivity index (χ4n) is 1.63. The van der Waals surface area contributed by atoms with Gasteiger partial charge in [-0.1, -0.05) is 17.7 Å². The van der Waals surface area contributed by atoms with E-state index in [1.165, 1.54) is 0 Å². The van der Waals surface area contributed by atoms with Gasteiger partial charge in [-0.25, -0.2) is 0 Å². The van der Waals surface area contributed by atoms with Crippen LogP contribution in [-0.4, -0.2) is 10.9 Å². The zero-order chi connectivity index (χ0) is 13.0. The fraction of sp³-hybridized carbons (Fsp3) is 0.143. The number of aromatic nitrogens is 1. The first-order valence-corrected chi connectivity index (χ1v) is 5.98. The number of hydrogen-bond donors (Lipinski definition) is 1. The number of nitrogens with zero attached hydrogens (tertiary/aromatic N) is 1. The van der Waals surface area contributed by atoms with Crippen molar-refractivity contribution in [2.24, 2.45) is 0 Å². The molecule has 0 bridgehead atoms. The van der Waals surface area contributed by atoms with Crippen molar-refractivity contribution in [3.05, 3.63) is 64.4 Å². The summed E-state index contributed by atoms with van der Waals surface area (Å²) in [6.07, 6.45) is 3.40. The standard InChI is InChI=1S/C14H13ClN2O/c1-10-12(3-2-4-13(10)15)14(18)17-9-11-5-7-16-8-6-11/h2-8H,9H2,1H3,(H,17,18). The van der Waals surface area contributed by atoms with Gasteiger partial charge in [0.2, 0.25) is 0 Å². The summed E-state index contributed by atoms with van der Waals surface area (Å²) in [7, 11) is 0. The summed E-state index contributed by atoms with van der Waals surface area (Å²) in [6, 6.07) is 9.05. The minimum absolute atomic E-state index is 0.119. The number of hydrogen-bond acceptors (Lipinski definition) is 2. The lowest BCUT2D eigenvalue weighted by Crippen LogP contribution is -2.23. The second kappa shape index (κ2) is 5.65. The molecule has 0 aliphatic heterocycles. The van der Waals surface area contributed by atoms with Crippen molar-refractivity contribution in [3.8, 4) is 0 Å². The molecule has 1 amide bonds. The third-order valence-electron chi connectivity index (χ3n) is 2.71. The maximum Gasteiger partial charge on any atom is 0.251 e. The highest BCUT2D eigenvalue weighted by Crippen LogP contribution is 2.18. The van der Waals surface area contributed by atoms with Gasteiger partial charge in [0.25, 0.3) is 5.91 Å². The molecule has 0 unspecified atom stereocenters. The Hall–Kier alpha value is -1.87. The lowest BCUT2D eigenvalue weighted by Gasteiger charge is -2.08. The number of nitrogens with one attached hydrogen (secondary N) is 1. The van der Waals surface area contributed by atoms with E-state index in [1.54, 1.807) is 30.6 Å². The van der Waals surface area contributed by atoms with Crippen LogP contribution in [0.1, 0.15) is 21.5 Å². The van der Waals surface area contributed by atoms with Gasteiger partial charge in [0.1, 0.15) is 0 Å². The van der Waals surface area contributed by atoms with Crippen molar-refractivity contribution >= 4 is 17.5 Å². The van der Waals surface area contributed by atoms with Crippen molar-refractivity contribution < 1.29 is 4.79 Å². The number of rotatable bonds is 3. The molecular formula is C14H13ClN2O. The van der Waals surface area contributed by atoms with E-state index >= 15 is 0 Å². The van der Waals surface area contributed by atoms with Gasteiger partial charge in [-0.15, -0.1) is 0 Å². The van der Waals surface area contributed by atoms with Gasteiger partial charge >= 0.3 is 0 Å². The Bertz CT molecular complexity index is 555. The highest BCUT2D eigenvalue weighted by atomic mass is 35.5. The fourth-order valence-corrected chi connectivity index (χ4v) is 1.81. The summed E-state index contributed by atoms with van der Waals surface area (Å²) in [5, 5.41) is 3.46. The average Bonchev–Trinajstić information content (AvgIpc) is 2.40. The Balaban J connectivity index is 2.07. The van der Waals surface area contributed by atoms with Crippen molar-refractivity contribution in [1.82, 2.24) is 10.3 Å². The van der Waals surface area contributed by atoms with E-state index in [0.717, 1.165) is 11.1 Å². The lowest BCUT2D eigenvalue weighted by atomic mass is 10.1. The van der Waals surface area contributed by atoms with E-state index in [2.05, 4.69) is 10.3 Å². The highest BCUT2D eigenvalue weighted by Gasteiger charge is 2.10. The molecule has 4 heteroatoms. The summed E-state index contributed by atoms with van der Waals surface area (Å²) in [5.41, 5.74) is 2.42. The maximum absolute atomic E-state index is 12.0. The molecule has 0 radical (unpaired) electrons. The lowest BCUT2D eigenvalue weighted by molar-refractivity contribution is 0.0950. The van der Waals surface area contributed by atoms with Crippen LogP contribution in [0.3, 0.4) is 0 Å². The number of carbonyl (C=O) groups excluding carboxylic acids is 1. The normalized spacial score (nSPS) is 10.1. The molecule has 0 saturated heterocycles. The molecule has 0 spiro atoms. The number of carbonyl (C=O) groups is 1. The topological polar surface area (TPSA) is 42.0 Å². The molecule has 92 valence electrons. The van der Waals surface area contributed by atoms with Gasteiger partial charge in [0, 0.05) is 29.5 Å². The Kier molecular flexibility index (Phi) is 3.95. The Morgan fingerprint density at radius 2 is 2.00 bits per heavy atom. The van der Waals surface area contributed by atoms with Crippen molar-refractivity contribution in [1.29, 1.82) is 0 Å². The Labute approximate surface area is 111 Å². The Morgan fingerprint density at radius 3 is 2.72 bits per heavy atom. The monoisotopic (exact) mass is 260 g/mol. The molecule has 0 fully saturated rings. The third-order valence-corrected chi connectivity index (χ3v) is 3.12. The highest BCUT2D eigenvalue weighted by molar-refractivity contribution is 6.31. The van der Waals surface area contributed by atoms with Crippen LogP contribution < -0.4 is 5.32 Å². The quantitative estimate of drug-likeness (QED) is 0.922. The molecule has 3 nitrogen and oxygen atoms in total. The van der Waals surface area contributed by atoms with Crippen LogP contribution in [0.25, 0.3) is 0 Å². The molecule has 1 N–H and O–H groups in total. The van der Waals surface area contributed by atoms with Crippen molar-refractivity contribution in [2.75, 3.05) is 0 Å². The van der Waals surface area contributed by atoms with E-state index in [9.17, 15) is 4.79 Å². The van der Waals surface area contributed by atoms with E-state index < -0.39 is 0 Å². The first-order chi connectivity index (χ1) is 8.68. The molecule has 18 heavy (non-hydrogen) atoms. The van der Waals surface area contributed by atoms with Crippen LogP contribution in [0, 0.1) is 6.92 Å². The zero-order valence-corrected chi connectivity index (χ0v) is 10.7. The van der Waals surface area contributed by atoms with Gasteiger partial charge in [-0.3, -0.25) is 9.78 Å². The van der Waals surface area contributed by atoms with Gasteiger partial charge in [0.15, 0.2) is 0 Å². The SMILES string of the molecule is Cc1c(Cl)cccc1C(=O)NCc1ccncc1. The van der Waals surface area contributed by atoms with Crippen LogP contribution in [0.2, 0.25) is 5.02 Å². The molecule has 2 rings (SSSR count). The van der Waals surface area contributed by atoms with Crippen LogP contribution in [0.4, 0.5) is 0 Å². The van der Waals surface area contributed by atoms with E-state index in [-0.39, 0.29) is 5.91 Å². The van der Waals surface area contributed by atoms with E-state index in [0.29, 0.717) is 17.1 Å². The van der Waals surface area contributed by atoms with Gasteiger partial charge in [-0.05, 0) is 42.3 Å². The van der Waals surface area contributed by atoms with Crippen molar-refractivity contribution in [3.63, 3.8) is 0 Å². The van der Waals surface area contributed by atoms with Crippen molar-refractivity contribution in [2.45, 2.75) is 13.5 Å². The maximum atomic E-state index is 12.0. The van der Waals surface area contributed by atoms with Crippen LogP contribution in [-0.2, 0) is 6.54 Å².